The Morgan fingerprint density at radius 1 is 1.22 bits per heavy atom. The first-order valence-corrected chi connectivity index (χ1v) is 6.39. The lowest BCUT2D eigenvalue weighted by Crippen LogP contribution is -2.25. The molecule has 2 N–H and O–H groups in total. The van der Waals surface area contributed by atoms with Crippen LogP contribution in [-0.2, 0) is 4.74 Å². The molecule has 0 amide bonds. The van der Waals surface area contributed by atoms with Crippen molar-refractivity contribution in [1.82, 2.24) is 10.3 Å². The molecule has 5 heteroatoms. The minimum absolute atomic E-state index is 0.715. The molecule has 0 saturated carbocycles. The summed E-state index contributed by atoms with van der Waals surface area (Å²) < 4.78 is 10.6. The molecule has 0 spiro atoms. The van der Waals surface area contributed by atoms with E-state index in [1.165, 1.54) is 0 Å². The summed E-state index contributed by atoms with van der Waals surface area (Å²) in [6, 6.07) is 3.82. The zero-order valence-electron chi connectivity index (χ0n) is 11.2. The highest BCUT2D eigenvalue weighted by atomic mass is 16.5. The van der Waals surface area contributed by atoms with Gasteiger partial charge in [-0.25, -0.2) is 4.98 Å². The molecular weight excluding hydrogens is 230 g/mol. The SMILES string of the molecule is CCCOc1cccnc1NCCNCCOC. The number of ether oxygens (including phenoxy) is 2. The van der Waals surface area contributed by atoms with E-state index in [4.69, 9.17) is 9.47 Å². The van der Waals surface area contributed by atoms with Crippen LogP contribution in [0, 0.1) is 0 Å². The third kappa shape index (κ3) is 5.84. The van der Waals surface area contributed by atoms with Crippen molar-refractivity contribution >= 4 is 5.82 Å². The predicted octanol–water partition coefficient (Wildman–Crippen LogP) is 1.52. The maximum atomic E-state index is 5.62. The fourth-order valence-corrected chi connectivity index (χ4v) is 1.42. The van der Waals surface area contributed by atoms with Gasteiger partial charge in [0.1, 0.15) is 0 Å². The maximum Gasteiger partial charge on any atom is 0.168 e. The monoisotopic (exact) mass is 253 g/mol. The lowest BCUT2D eigenvalue weighted by molar-refractivity contribution is 0.200. The van der Waals surface area contributed by atoms with Gasteiger partial charge < -0.3 is 20.1 Å². The van der Waals surface area contributed by atoms with E-state index in [9.17, 15) is 0 Å². The van der Waals surface area contributed by atoms with E-state index in [0.29, 0.717) is 6.61 Å². The maximum absolute atomic E-state index is 5.62. The standard InChI is InChI=1S/C13H23N3O2/c1-3-10-18-12-5-4-6-15-13(12)16-8-7-14-9-11-17-2/h4-6,14H,3,7-11H2,1-2H3,(H,15,16). The third-order valence-electron chi connectivity index (χ3n) is 2.31. The molecule has 1 heterocycles. The number of hydrogen-bond acceptors (Lipinski definition) is 5. The molecule has 18 heavy (non-hydrogen) atoms. The van der Waals surface area contributed by atoms with Gasteiger partial charge in [-0.05, 0) is 18.6 Å². The molecule has 0 fully saturated rings. The number of rotatable bonds is 10. The molecule has 5 nitrogen and oxygen atoms in total. The Hall–Kier alpha value is -1.33. The van der Waals surface area contributed by atoms with Gasteiger partial charge in [0.25, 0.3) is 0 Å². The molecule has 102 valence electrons. The molecule has 0 radical (unpaired) electrons. The van der Waals surface area contributed by atoms with Crippen molar-refractivity contribution in [2.75, 3.05) is 45.3 Å². The van der Waals surface area contributed by atoms with E-state index < -0.39 is 0 Å². The second kappa shape index (κ2) is 9.67. The predicted molar refractivity (Wildman–Crippen MR) is 73.3 cm³/mol. The van der Waals surface area contributed by atoms with Gasteiger partial charge in [-0.3, -0.25) is 0 Å². The number of hydrogen-bond donors (Lipinski definition) is 2. The molecule has 0 bridgehead atoms. The molecule has 1 aromatic heterocycles. The van der Waals surface area contributed by atoms with Crippen LogP contribution in [0.1, 0.15) is 13.3 Å². The Morgan fingerprint density at radius 3 is 2.89 bits per heavy atom. The molecule has 0 aliphatic heterocycles. The van der Waals surface area contributed by atoms with Crippen molar-refractivity contribution in [3.05, 3.63) is 18.3 Å². The Bertz CT molecular complexity index is 321. The van der Waals surface area contributed by atoms with Gasteiger partial charge in [0.2, 0.25) is 0 Å². The molecule has 0 aliphatic rings. The first kappa shape index (κ1) is 14.7. The highest BCUT2D eigenvalue weighted by Crippen LogP contribution is 2.20. The largest absolute Gasteiger partial charge is 0.490 e. The lowest BCUT2D eigenvalue weighted by Gasteiger charge is -2.11. The summed E-state index contributed by atoms with van der Waals surface area (Å²) in [7, 11) is 1.70. The third-order valence-corrected chi connectivity index (χ3v) is 2.31. The number of nitrogens with zero attached hydrogens (tertiary/aromatic N) is 1. The molecule has 0 atom stereocenters. The lowest BCUT2D eigenvalue weighted by atomic mass is 10.4. The van der Waals surface area contributed by atoms with E-state index in [2.05, 4.69) is 22.5 Å². The summed E-state index contributed by atoms with van der Waals surface area (Å²) in [5.41, 5.74) is 0. The number of aromatic nitrogens is 1. The van der Waals surface area contributed by atoms with Gasteiger partial charge in [0.05, 0.1) is 13.2 Å². The van der Waals surface area contributed by atoms with E-state index in [-0.39, 0.29) is 0 Å². The summed E-state index contributed by atoms with van der Waals surface area (Å²) in [5.74, 6) is 1.62. The number of pyridine rings is 1. The van der Waals surface area contributed by atoms with Crippen LogP contribution in [0.2, 0.25) is 0 Å². The Kier molecular flexibility index (Phi) is 7.92. The Balaban J connectivity index is 2.27. The van der Waals surface area contributed by atoms with Gasteiger partial charge in [0, 0.05) is 32.9 Å². The van der Waals surface area contributed by atoms with Gasteiger partial charge >= 0.3 is 0 Å². The first-order valence-electron chi connectivity index (χ1n) is 6.39. The van der Waals surface area contributed by atoms with Crippen LogP contribution in [-0.4, -0.2) is 44.9 Å². The molecule has 0 aliphatic carbocycles. The average Bonchev–Trinajstić information content (AvgIpc) is 2.41. The number of methoxy groups -OCH3 is 1. The van der Waals surface area contributed by atoms with Crippen LogP contribution in [0.25, 0.3) is 0 Å². The van der Waals surface area contributed by atoms with Crippen molar-refractivity contribution in [3.63, 3.8) is 0 Å². The van der Waals surface area contributed by atoms with Crippen molar-refractivity contribution < 1.29 is 9.47 Å². The zero-order chi connectivity index (χ0) is 13.1. The average molecular weight is 253 g/mol. The van der Waals surface area contributed by atoms with Crippen molar-refractivity contribution in [2.45, 2.75) is 13.3 Å². The molecule has 0 unspecified atom stereocenters. The minimum Gasteiger partial charge on any atom is -0.490 e. The molecule has 0 aromatic carbocycles. The topological polar surface area (TPSA) is 55.4 Å². The number of nitrogens with one attached hydrogen (secondary N) is 2. The molecule has 1 rings (SSSR count). The van der Waals surface area contributed by atoms with Crippen LogP contribution in [0.5, 0.6) is 5.75 Å². The number of anilines is 1. The van der Waals surface area contributed by atoms with Crippen LogP contribution in [0.3, 0.4) is 0 Å². The summed E-state index contributed by atoms with van der Waals surface area (Å²) in [6.45, 7) is 6.07. The summed E-state index contributed by atoms with van der Waals surface area (Å²) in [6.07, 6.45) is 2.76. The molecular formula is C13H23N3O2. The Labute approximate surface area is 109 Å². The van der Waals surface area contributed by atoms with Crippen molar-refractivity contribution in [3.8, 4) is 5.75 Å². The second-order valence-electron chi connectivity index (χ2n) is 3.87. The highest BCUT2D eigenvalue weighted by molar-refractivity contribution is 5.49. The van der Waals surface area contributed by atoms with E-state index in [1.807, 2.05) is 12.1 Å². The summed E-state index contributed by atoms with van der Waals surface area (Å²) in [5, 5.41) is 6.52. The minimum atomic E-state index is 0.715. The normalized spacial score (nSPS) is 10.3. The quantitative estimate of drug-likeness (QED) is 0.619. The Morgan fingerprint density at radius 2 is 2.11 bits per heavy atom. The first-order chi connectivity index (χ1) is 8.88. The van der Waals surface area contributed by atoms with Gasteiger partial charge in [-0.15, -0.1) is 0 Å². The van der Waals surface area contributed by atoms with Crippen LogP contribution >= 0.6 is 0 Å². The van der Waals surface area contributed by atoms with E-state index in [0.717, 1.165) is 44.2 Å². The van der Waals surface area contributed by atoms with Gasteiger partial charge in [-0.1, -0.05) is 6.92 Å². The van der Waals surface area contributed by atoms with Crippen LogP contribution in [0.15, 0.2) is 18.3 Å². The summed E-state index contributed by atoms with van der Waals surface area (Å²) >= 11 is 0. The van der Waals surface area contributed by atoms with Crippen molar-refractivity contribution in [1.29, 1.82) is 0 Å². The zero-order valence-corrected chi connectivity index (χ0v) is 11.2. The molecule has 1 aromatic rings. The summed E-state index contributed by atoms with van der Waals surface area (Å²) in [4.78, 5) is 4.28. The van der Waals surface area contributed by atoms with Crippen LogP contribution in [0.4, 0.5) is 5.82 Å². The molecule has 0 saturated heterocycles. The highest BCUT2D eigenvalue weighted by Gasteiger charge is 2.02. The fourth-order valence-electron chi connectivity index (χ4n) is 1.42. The van der Waals surface area contributed by atoms with E-state index in [1.54, 1.807) is 13.3 Å². The smallest absolute Gasteiger partial charge is 0.168 e. The van der Waals surface area contributed by atoms with Crippen molar-refractivity contribution in [2.24, 2.45) is 0 Å². The van der Waals surface area contributed by atoms with Crippen LogP contribution < -0.4 is 15.4 Å². The second-order valence-corrected chi connectivity index (χ2v) is 3.87. The van der Waals surface area contributed by atoms with Gasteiger partial charge in [0.15, 0.2) is 11.6 Å². The van der Waals surface area contributed by atoms with Gasteiger partial charge in [-0.2, -0.15) is 0 Å². The fraction of sp³-hybridized carbons (Fsp3) is 0.615. The van der Waals surface area contributed by atoms with E-state index >= 15 is 0 Å².